The number of amides is 1. The highest BCUT2D eigenvalue weighted by Crippen LogP contribution is 2.38. The van der Waals surface area contributed by atoms with Crippen LogP contribution in [0, 0.1) is 0 Å². The summed E-state index contributed by atoms with van der Waals surface area (Å²) < 4.78 is 5.44. The molecule has 1 N–H and O–H groups in total. The maximum Gasteiger partial charge on any atom is 0.415 e. The van der Waals surface area contributed by atoms with Crippen LogP contribution < -0.4 is 4.90 Å². The average Bonchev–Trinajstić information content (AvgIpc) is 2.27. The van der Waals surface area contributed by atoms with Gasteiger partial charge in [0.1, 0.15) is 11.4 Å². The van der Waals surface area contributed by atoms with Gasteiger partial charge in [-0.05, 0) is 52.2 Å². The molecule has 104 valence electrons. The minimum Gasteiger partial charge on any atom is -0.506 e. The van der Waals surface area contributed by atoms with Crippen LogP contribution in [0.2, 0.25) is 0 Å². The fraction of sp³-hybridized carbons (Fsp3) is 0.533. The fourth-order valence-electron chi connectivity index (χ4n) is 2.35. The maximum absolute atomic E-state index is 12.3. The summed E-state index contributed by atoms with van der Waals surface area (Å²) in [5, 5.41) is 10.0. The molecule has 1 aromatic rings. The topological polar surface area (TPSA) is 49.8 Å². The molecule has 0 radical (unpaired) electrons. The van der Waals surface area contributed by atoms with Crippen LogP contribution in [0.4, 0.5) is 10.5 Å². The van der Waals surface area contributed by atoms with Gasteiger partial charge in [-0.1, -0.05) is 12.1 Å². The molecule has 0 aliphatic carbocycles. The number of ether oxygens (including phenoxy) is 1. The van der Waals surface area contributed by atoms with Crippen LogP contribution in [0.15, 0.2) is 18.2 Å². The van der Waals surface area contributed by atoms with Gasteiger partial charge in [0.25, 0.3) is 0 Å². The summed E-state index contributed by atoms with van der Waals surface area (Å²) >= 11 is 0. The van der Waals surface area contributed by atoms with Crippen molar-refractivity contribution in [3.8, 4) is 5.75 Å². The number of rotatable bonds is 0. The third-order valence-electron chi connectivity index (χ3n) is 3.20. The molecule has 1 aliphatic rings. The van der Waals surface area contributed by atoms with Crippen molar-refractivity contribution >= 4 is 11.8 Å². The van der Waals surface area contributed by atoms with Crippen molar-refractivity contribution < 1.29 is 14.6 Å². The summed E-state index contributed by atoms with van der Waals surface area (Å²) in [6, 6.07) is 5.37. The van der Waals surface area contributed by atoms with E-state index < -0.39 is 11.7 Å². The second-order valence-corrected chi connectivity index (χ2v) is 6.02. The molecular formula is C15H21NO3. The highest BCUT2D eigenvalue weighted by atomic mass is 16.6. The highest BCUT2D eigenvalue weighted by molar-refractivity contribution is 5.92. The first kappa shape index (κ1) is 13.7. The predicted molar refractivity (Wildman–Crippen MR) is 74.6 cm³/mol. The second-order valence-electron chi connectivity index (χ2n) is 6.02. The SMILES string of the molecule is CC1CCc2cccc(O)c2N1C(=O)OC(C)(C)C. The summed E-state index contributed by atoms with van der Waals surface area (Å²) in [7, 11) is 0. The summed E-state index contributed by atoms with van der Waals surface area (Å²) in [5.74, 6) is 0.134. The Balaban J connectivity index is 2.38. The van der Waals surface area contributed by atoms with Crippen molar-refractivity contribution in [3.05, 3.63) is 23.8 Å². The fourth-order valence-corrected chi connectivity index (χ4v) is 2.35. The molecule has 1 atom stereocenters. The second kappa shape index (κ2) is 4.76. The number of phenolic OH excluding ortho intramolecular Hbond substituents is 1. The van der Waals surface area contributed by atoms with E-state index in [0.717, 1.165) is 18.4 Å². The van der Waals surface area contributed by atoms with E-state index in [-0.39, 0.29) is 11.8 Å². The molecule has 0 saturated heterocycles. The van der Waals surface area contributed by atoms with Crippen LogP contribution in [0.3, 0.4) is 0 Å². The van der Waals surface area contributed by atoms with Crippen molar-refractivity contribution in [3.63, 3.8) is 0 Å². The number of carbonyl (C=O) groups is 1. The molecule has 0 spiro atoms. The number of aromatic hydroxyl groups is 1. The zero-order valence-corrected chi connectivity index (χ0v) is 11.9. The number of fused-ring (bicyclic) bond motifs is 1. The highest BCUT2D eigenvalue weighted by Gasteiger charge is 2.33. The Labute approximate surface area is 114 Å². The minimum absolute atomic E-state index is 0.0237. The van der Waals surface area contributed by atoms with Gasteiger partial charge in [-0.15, -0.1) is 0 Å². The number of hydrogen-bond acceptors (Lipinski definition) is 3. The molecule has 1 heterocycles. The van der Waals surface area contributed by atoms with Crippen molar-refractivity contribution in [1.29, 1.82) is 0 Å². The van der Waals surface area contributed by atoms with Crippen molar-refractivity contribution in [2.75, 3.05) is 4.90 Å². The van der Waals surface area contributed by atoms with E-state index in [2.05, 4.69) is 0 Å². The molecule has 1 aliphatic heterocycles. The van der Waals surface area contributed by atoms with Crippen LogP contribution in [-0.4, -0.2) is 22.8 Å². The van der Waals surface area contributed by atoms with E-state index in [1.807, 2.05) is 33.8 Å². The van der Waals surface area contributed by atoms with E-state index >= 15 is 0 Å². The molecule has 0 saturated carbocycles. The van der Waals surface area contributed by atoms with Crippen LogP contribution in [0.25, 0.3) is 0 Å². The maximum atomic E-state index is 12.3. The van der Waals surface area contributed by atoms with E-state index in [1.165, 1.54) is 0 Å². The molecule has 4 heteroatoms. The molecule has 19 heavy (non-hydrogen) atoms. The summed E-state index contributed by atoms with van der Waals surface area (Å²) in [6.45, 7) is 7.49. The molecule has 2 rings (SSSR count). The molecule has 1 unspecified atom stereocenters. The Bertz CT molecular complexity index is 491. The molecular weight excluding hydrogens is 242 g/mol. The number of hydrogen-bond donors (Lipinski definition) is 1. The lowest BCUT2D eigenvalue weighted by Gasteiger charge is -2.36. The van der Waals surface area contributed by atoms with E-state index in [4.69, 9.17) is 4.74 Å². The number of nitrogens with zero attached hydrogens (tertiary/aromatic N) is 1. The van der Waals surface area contributed by atoms with Gasteiger partial charge in [0.05, 0.1) is 5.69 Å². The molecule has 1 amide bonds. The normalized spacial score (nSPS) is 18.9. The average molecular weight is 263 g/mol. The van der Waals surface area contributed by atoms with Gasteiger partial charge in [0.2, 0.25) is 0 Å². The first-order chi connectivity index (χ1) is 8.79. The zero-order chi connectivity index (χ0) is 14.2. The lowest BCUT2D eigenvalue weighted by atomic mass is 9.96. The third kappa shape index (κ3) is 2.83. The van der Waals surface area contributed by atoms with Crippen LogP contribution in [0.5, 0.6) is 5.75 Å². The number of para-hydroxylation sites is 1. The standard InChI is InChI=1S/C15H21NO3/c1-10-8-9-11-6-5-7-12(17)13(11)16(10)14(18)19-15(2,3)4/h5-7,10,17H,8-9H2,1-4H3. The molecule has 1 aromatic carbocycles. The van der Waals surface area contributed by atoms with Crippen molar-refractivity contribution in [2.24, 2.45) is 0 Å². The van der Waals surface area contributed by atoms with Crippen molar-refractivity contribution in [2.45, 2.75) is 52.2 Å². The largest absolute Gasteiger partial charge is 0.506 e. The van der Waals surface area contributed by atoms with E-state index in [0.29, 0.717) is 5.69 Å². The van der Waals surface area contributed by atoms with Crippen molar-refractivity contribution in [1.82, 2.24) is 0 Å². The Morgan fingerprint density at radius 3 is 2.74 bits per heavy atom. The van der Waals surface area contributed by atoms with Gasteiger partial charge >= 0.3 is 6.09 Å². The summed E-state index contributed by atoms with van der Waals surface area (Å²) in [4.78, 5) is 13.9. The van der Waals surface area contributed by atoms with Gasteiger partial charge < -0.3 is 9.84 Å². The predicted octanol–water partition coefficient (Wildman–Crippen LogP) is 3.47. The Kier molecular flexibility index (Phi) is 3.43. The number of benzene rings is 1. The smallest absolute Gasteiger partial charge is 0.415 e. The zero-order valence-electron chi connectivity index (χ0n) is 11.9. The Morgan fingerprint density at radius 1 is 1.42 bits per heavy atom. The Hall–Kier alpha value is -1.71. The monoisotopic (exact) mass is 263 g/mol. The van der Waals surface area contributed by atoms with Gasteiger partial charge in [-0.25, -0.2) is 4.79 Å². The van der Waals surface area contributed by atoms with Crippen LogP contribution in [-0.2, 0) is 11.2 Å². The molecule has 0 aromatic heterocycles. The lowest BCUT2D eigenvalue weighted by molar-refractivity contribution is 0.0562. The van der Waals surface area contributed by atoms with E-state index in [9.17, 15) is 9.90 Å². The number of aryl methyl sites for hydroxylation is 1. The Morgan fingerprint density at radius 2 is 2.11 bits per heavy atom. The minimum atomic E-state index is -0.543. The third-order valence-corrected chi connectivity index (χ3v) is 3.20. The molecule has 0 bridgehead atoms. The first-order valence-electron chi connectivity index (χ1n) is 6.62. The first-order valence-corrected chi connectivity index (χ1v) is 6.62. The van der Waals surface area contributed by atoms with Crippen LogP contribution in [0.1, 0.15) is 39.7 Å². The van der Waals surface area contributed by atoms with Gasteiger partial charge in [0, 0.05) is 6.04 Å². The molecule has 0 fully saturated rings. The van der Waals surface area contributed by atoms with Gasteiger partial charge in [-0.2, -0.15) is 0 Å². The van der Waals surface area contributed by atoms with E-state index in [1.54, 1.807) is 17.0 Å². The number of anilines is 1. The van der Waals surface area contributed by atoms with Gasteiger partial charge in [0.15, 0.2) is 0 Å². The molecule has 4 nitrogen and oxygen atoms in total. The quantitative estimate of drug-likeness (QED) is 0.779. The van der Waals surface area contributed by atoms with Gasteiger partial charge in [-0.3, -0.25) is 4.90 Å². The number of phenols is 1. The summed E-state index contributed by atoms with van der Waals surface area (Å²) in [5.41, 5.74) is 1.04. The summed E-state index contributed by atoms with van der Waals surface area (Å²) in [6.07, 6.45) is 1.34. The number of carbonyl (C=O) groups excluding carboxylic acids is 1. The lowest BCUT2D eigenvalue weighted by Crippen LogP contribution is -2.44. The van der Waals surface area contributed by atoms with Crippen LogP contribution >= 0.6 is 0 Å².